The molecule has 3 aromatic rings. The largest absolute Gasteiger partial charge is 0.456 e. The van der Waals surface area contributed by atoms with Crippen LogP contribution >= 0.6 is 23.2 Å². The summed E-state index contributed by atoms with van der Waals surface area (Å²) < 4.78 is 11.0. The number of benzene rings is 2. The van der Waals surface area contributed by atoms with Crippen molar-refractivity contribution >= 4 is 41.0 Å². The summed E-state index contributed by atoms with van der Waals surface area (Å²) >= 11 is 12.4. The number of nitrogens with one attached hydrogen (secondary N) is 1. The van der Waals surface area contributed by atoms with Gasteiger partial charge in [-0.05, 0) is 107 Å². The predicted molar refractivity (Wildman–Crippen MR) is 162 cm³/mol. The second-order valence-electron chi connectivity index (χ2n) is 11.9. The van der Waals surface area contributed by atoms with Gasteiger partial charge in [0.2, 0.25) is 0 Å². The number of carbonyl (C=O) groups is 3. The molecule has 2 aromatic carbocycles. The molecular formula is C32H36Cl2N2O5. The number of alkyl carbamates (subject to hydrolysis) is 1. The molecule has 1 amide bonds. The van der Waals surface area contributed by atoms with Gasteiger partial charge in [0.25, 0.3) is 0 Å². The summed E-state index contributed by atoms with van der Waals surface area (Å²) in [7, 11) is 0. The molecule has 0 unspecified atom stereocenters. The van der Waals surface area contributed by atoms with Crippen LogP contribution in [0.1, 0.15) is 68.7 Å². The van der Waals surface area contributed by atoms with Crippen LogP contribution in [0.3, 0.4) is 0 Å². The number of halogens is 2. The van der Waals surface area contributed by atoms with Crippen molar-refractivity contribution in [2.45, 2.75) is 78.6 Å². The van der Waals surface area contributed by atoms with Gasteiger partial charge in [-0.15, -0.1) is 0 Å². The van der Waals surface area contributed by atoms with Crippen LogP contribution in [0.2, 0.25) is 10.0 Å². The number of aryl methyl sites for hydroxylation is 1. The topological polar surface area (TPSA) is 94.6 Å². The van der Waals surface area contributed by atoms with E-state index in [4.69, 9.17) is 32.7 Å². The van der Waals surface area contributed by atoms with Gasteiger partial charge in [-0.3, -0.25) is 9.78 Å². The zero-order valence-electron chi connectivity index (χ0n) is 24.4. The minimum Gasteiger partial charge on any atom is -0.456 e. The molecule has 1 aromatic heterocycles. The Kier molecular flexibility index (Phi) is 10.2. The van der Waals surface area contributed by atoms with Gasteiger partial charge in [-0.2, -0.15) is 0 Å². The first kappa shape index (κ1) is 32.1. The predicted octanol–water partition coefficient (Wildman–Crippen LogP) is 7.57. The molecule has 0 aliphatic carbocycles. The summed E-state index contributed by atoms with van der Waals surface area (Å²) in [5.41, 5.74) is 2.47. The van der Waals surface area contributed by atoms with Crippen molar-refractivity contribution in [3.05, 3.63) is 87.2 Å². The lowest BCUT2D eigenvalue weighted by atomic mass is 9.94. The molecule has 0 aliphatic rings. The first-order valence-corrected chi connectivity index (χ1v) is 14.0. The third kappa shape index (κ3) is 10.2. The molecule has 0 fully saturated rings. The van der Waals surface area contributed by atoms with Crippen molar-refractivity contribution in [2.75, 3.05) is 0 Å². The van der Waals surface area contributed by atoms with Gasteiger partial charge in [0, 0.05) is 34.8 Å². The molecule has 218 valence electrons. The quantitative estimate of drug-likeness (QED) is 0.269. The molecule has 3 rings (SSSR count). The Morgan fingerprint density at radius 1 is 0.878 bits per heavy atom. The van der Waals surface area contributed by atoms with E-state index in [2.05, 4.69) is 10.3 Å². The molecule has 0 radical (unpaired) electrons. The van der Waals surface area contributed by atoms with Gasteiger partial charge >= 0.3 is 12.1 Å². The Morgan fingerprint density at radius 2 is 1.56 bits per heavy atom. The Hall–Kier alpha value is -3.42. The number of amides is 1. The lowest BCUT2D eigenvalue weighted by molar-refractivity contribution is -0.120. The molecule has 1 N–H and O–H groups in total. The highest BCUT2D eigenvalue weighted by atomic mass is 35.5. The van der Waals surface area contributed by atoms with E-state index >= 15 is 0 Å². The Labute approximate surface area is 251 Å². The Morgan fingerprint density at radius 3 is 2.17 bits per heavy atom. The highest BCUT2D eigenvalue weighted by molar-refractivity contribution is 6.35. The maximum atomic E-state index is 13.7. The first-order chi connectivity index (χ1) is 19.0. The Bertz CT molecular complexity index is 1440. The van der Waals surface area contributed by atoms with Crippen molar-refractivity contribution in [1.82, 2.24) is 10.3 Å². The third-order valence-electron chi connectivity index (χ3n) is 5.75. The van der Waals surface area contributed by atoms with Crippen LogP contribution in [0.25, 0.3) is 11.1 Å². The van der Waals surface area contributed by atoms with Gasteiger partial charge in [-0.25, -0.2) is 9.59 Å². The number of aromatic nitrogens is 1. The second kappa shape index (κ2) is 13.0. The molecule has 41 heavy (non-hydrogen) atoms. The van der Waals surface area contributed by atoms with Gasteiger partial charge < -0.3 is 14.8 Å². The van der Waals surface area contributed by atoms with E-state index in [9.17, 15) is 14.4 Å². The van der Waals surface area contributed by atoms with E-state index in [-0.39, 0.29) is 18.6 Å². The molecule has 9 heteroatoms. The van der Waals surface area contributed by atoms with Crippen molar-refractivity contribution in [3.63, 3.8) is 0 Å². The van der Waals surface area contributed by atoms with Gasteiger partial charge in [-0.1, -0.05) is 35.3 Å². The number of ether oxygens (including phenoxy) is 2. The zero-order valence-corrected chi connectivity index (χ0v) is 25.9. The molecule has 1 heterocycles. The van der Waals surface area contributed by atoms with Crippen LogP contribution in [0.5, 0.6) is 0 Å². The number of ketones is 1. The lowest BCUT2D eigenvalue weighted by Crippen LogP contribution is -2.45. The fourth-order valence-corrected chi connectivity index (χ4v) is 4.55. The average molecular weight is 600 g/mol. The van der Waals surface area contributed by atoms with Crippen LogP contribution in [-0.2, 0) is 27.1 Å². The molecule has 0 bridgehead atoms. The minimum atomic E-state index is -0.958. The van der Waals surface area contributed by atoms with Crippen LogP contribution < -0.4 is 5.32 Å². The maximum absolute atomic E-state index is 13.7. The standard InChI is InChI=1S/C32H36Cl2N2O5/c1-19-12-21(10-11-35-19)23-13-20(14-24(16-23)29(38)40-31(2,3)4)15-28(37)27(36-30(39)41-32(5,6)7)17-22-8-9-25(33)18-26(22)34/h8-14,16,18,27H,15,17H2,1-7H3,(H,36,39)/t27-/m0/s1. The number of nitrogens with zero attached hydrogens (tertiary/aromatic N) is 1. The summed E-state index contributed by atoms with van der Waals surface area (Å²) in [4.78, 5) is 43.7. The summed E-state index contributed by atoms with van der Waals surface area (Å²) in [5, 5.41) is 3.54. The van der Waals surface area contributed by atoms with Gasteiger partial charge in [0.1, 0.15) is 11.2 Å². The smallest absolute Gasteiger partial charge is 0.408 e. The maximum Gasteiger partial charge on any atom is 0.408 e. The highest BCUT2D eigenvalue weighted by Crippen LogP contribution is 2.26. The molecule has 0 saturated carbocycles. The minimum absolute atomic E-state index is 0.0701. The summed E-state index contributed by atoms with van der Waals surface area (Å²) in [6.07, 6.45) is 1.01. The van der Waals surface area contributed by atoms with E-state index < -0.39 is 29.3 Å². The number of carbonyl (C=O) groups excluding carboxylic acids is 3. The SMILES string of the molecule is Cc1cc(-c2cc(CC(=O)[C@H](Cc3ccc(Cl)cc3Cl)NC(=O)OC(C)(C)C)cc(C(=O)OC(C)(C)C)c2)ccn1. The second-order valence-corrected chi connectivity index (χ2v) is 12.7. The molecule has 0 spiro atoms. The highest BCUT2D eigenvalue weighted by Gasteiger charge is 2.26. The number of Topliss-reactive ketones (excluding diaryl/α,β-unsaturated/α-hetero) is 1. The number of esters is 1. The van der Waals surface area contributed by atoms with Crippen LogP contribution in [0, 0.1) is 6.92 Å². The fourth-order valence-electron chi connectivity index (χ4n) is 4.07. The van der Waals surface area contributed by atoms with E-state index in [1.54, 1.807) is 78.1 Å². The third-order valence-corrected chi connectivity index (χ3v) is 6.34. The zero-order chi connectivity index (χ0) is 30.5. The van der Waals surface area contributed by atoms with Gasteiger partial charge in [0.05, 0.1) is 11.6 Å². The lowest BCUT2D eigenvalue weighted by Gasteiger charge is -2.24. The van der Waals surface area contributed by atoms with Crippen LogP contribution in [0.15, 0.2) is 54.7 Å². The Balaban J connectivity index is 1.99. The monoisotopic (exact) mass is 598 g/mol. The van der Waals surface area contributed by atoms with E-state index in [0.717, 1.165) is 16.8 Å². The number of rotatable bonds is 8. The fraction of sp³-hybridized carbons (Fsp3) is 0.375. The normalized spacial score (nSPS) is 12.4. The number of hydrogen-bond acceptors (Lipinski definition) is 6. The van der Waals surface area contributed by atoms with Crippen molar-refractivity contribution in [3.8, 4) is 11.1 Å². The number of pyridine rings is 1. The van der Waals surface area contributed by atoms with E-state index in [1.807, 2.05) is 25.1 Å². The van der Waals surface area contributed by atoms with E-state index in [1.165, 1.54) is 0 Å². The van der Waals surface area contributed by atoms with Crippen molar-refractivity contribution < 1.29 is 23.9 Å². The van der Waals surface area contributed by atoms with Gasteiger partial charge in [0.15, 0.2) is 5.78 Å². The van der Waals surface area contributed by atoms with Crippen molar-refractivity contribution in [1.29, 1.82) is 0 Å². The first-order valence-electron chi connectivity index (χ1n) is 13.3. The molecule has 1 atom stereocenters. The summed E-state index contributed by atoms with van der Waals surface area (Å²) in [6, 6.07) is 13.0. The summed E-state index contributed by atoms with van der Waals surface area (Å²) in [6.45, 7) is 12.5. The van der Waals surface area contributed by atoms with E-state index in [0.29, 0.717) is 26.7 Å². The summed E-state index contributed by atoms with van der Waals surface area (Å²) in [5.74, 6) is -0.796. The van der Waals surface area contributed by atoms with Crippen molar-refractivity contribution in [2.24, 2.45) is 0 Å². The molecule has 0 saturated heterocycles. The molecule has 0 aliphatic heterocycles. The molecule has 7 nitrogen and oxygen atoms in total. The average Bonchev–Trinajstić information content (AvgIpc) is 2.82. The number of hydrogen-bond donors (Lipinski definition) is 1. The molecular weight excluding hydrogens is 563 g/mol. The van der Waals surface area contributed by atoms with Crippen LogP contribution in [-0.4, -0.2) is 40.1 Å². The van der Waals surface area contributed by atoms with Crippen LogP contribution in [0.4, 0.5) is 4.79 Å².